The first kappa shape index (κ1) is 17.0. The molecule has 1 N–H and O–H groups in total. The summed E-state index contributed by atoms with van der Waals surface area (Å²) in [7, 11) is 1.59. The molecule has 2 aromatic carbocycles. The lowest BCUT2D eigenvalue weighted by molar-refractivity contribution is -0.117. The van der Waals surface area contributed by atoms with Crippen LogP contribution < -0.4 is 15.0 Å². The first-order valence-electron chi connectivity index (χ1n) is 8.74. The van der Waals surface area contributed by atoms with Crippen LogP contribution in [0.5, 0.6) is 5.75 Å². The summed E-state index contributed by atoms with van der Waals surface area (Å²) in [5.74, 6) is 0.486. The van der Waals surface area contributed by atoms with Crippen molar-refractivity contribution in [3.05, 3.63) is 66.4 Å². The zero-order chi connectivity index (χ0) is 18.8. The van der Waals surface area contributed by atoms with Crippen molar-refractivity contribution in [2.45, 2.75) is 12.5 Å². The van der Waals surface area contributed by atoms with Gasteiger partial charge in [0.15, 0.2) is 0 Å². The molecule has 0 spiro atoms. The smallest absolute Gasteiger partial charge is 0.251 e. The molecule has 1 atom stereocenters. The van der Waals surface area contributed by atoms with Crippen LogP contribution in [-0.2, 0) is 4.79 Å². The quantitative estimate of drug-likeness (QED) is 0.776. The summed E-state index contributed by atoms with van der Waals surface area (Å²) < 4.78 is 5.22. The third kappa shape index (κ3) is 3.46. The van der Waals surface area contributed by atoms with E-state index in [1.165, 1.54) is 0 Å². The number of hydrogen-bond donors (Lipinski definition) is 1. The summed E-state index contributed by atoms with van der Waals surface area (Å²) in [4.78, 5) is 31.0. The van der Waals surface area contributed by atoms with Gasteiger partial charge in [-0.25, -0.2) is 0 Å². The van der Waals surface area contributed by atoms with Crippen molar-refractivity contribution in [2.24, 2.45) is 0 Å². The summed E-state index contributed by atoms with van der Waals surface area (Å²) in [5.41, 5.74) is 2.17. The number of amides is 2. The molecular formula is C21H19N3O3. The van der Waals surface area contributed by atoms with Gasteiger partial charge in [0.25, 0.3) is 5.91 Å². The SMILES string of the molecule is COc1cccc(N2CC(NC(=O)c3ccc4ncccc4c3)CC2=O)c1. The molecule has 4 rings (SSSR count). The molecule has 6 heteroatoms. The summed E-state index contributed by atoms with van der Waals surface area (Å²) in [6.45, 7) is 0.437. The molecule has 0 aliphatic carbocycles. The average Bonchev–Trinajstić information content (AvgIpc) is 3.07. The Kier molecular flexibility index (Phi) is 4.46. The first-order chi connectivity index (χ1) is 13.1. The van der Waals surface area contributed by atoms with E-state index in [0.29, 0.717) is 17.9 Å². The molecule has 2 amide bonds. The highest BCUT2D eigenvalue weighted by Gasteiger charge is 2.32. The predicted molar refractivity (Wildman–Crippen MR) is 103 cm³/mol. The highest BCUT2D eigenvalue weighted by molar-refractivity contribution is 6.00. The minimum Gasteiger partial charge on any atom is -0.497 e. The van der Waals surface area contributed by atoms with Crippen LogP contribution in [0.15, 0.2) is 60.8 Å². The number of fused-ring (bicyclic) bond motifs is 1. The van der Waals surface area contributed by atoms with Gasteiger partial charge in [0, 0.05) is 41.9 Å². The molecule has 1 saturated heterocycles. The van der Waals surface area contributed by atoms with Crippen LogP contribution in [-0.4, -0.2) is 36.5 Å². The van der Waals surface area contributed by atoms with Crippen LogP contribution in [0.25, 0.3) is 10.9 Å². The van der Waals surface area contributed by atoms with Gasteiger partial charge in [-0.1, -0.05) is 12.1 Å². The van der Waals surface area contributed by atoms with E-state index >= 15 is 0 Å². The standard InChI is InChI=1S/C21H19N3O3/c1-27-18-6-2-5-17(12-18)24-13-16(11-20(24)25)23-21(26)15-7-8-19-14(10-15)4-3-9-22-19/h2-10,12,16H,11,13H2,1H3,(H,23,26). The third-order valence-electron chi connectivity index (χ3n) is 4.69. The van der Waals surface area contributed by atoms with E-state index in [1.54, 1.807) is 24.3 Å². The van der Waals surface area contributed by atoms with Gasteiger partial charge in [0.2, 0.25) is 5.91 Å². The largest absolute Gasteiger partial charge is 0.497 e. The highest BCUT2D eigenvalue weighted by atomic mass is 16.5. The fraction of sp³-hybridized carbons (Fsp3) is 0.190. The fourth-order valence-electron chi connectivity index (χ4n) is 3.32. The van der Waals surface area contributed by atoms with Gasteiger partial charge < -0.3 is 15.0 Å². The van der Waals surface area contributed by atoms with Crippen molar-refractivity contribution in [3.63, 3.8) is 0 Å². The number of nitrogens with zero attached hydrogens (tertiary/aromatic N) is 2. The number of hydrogen-bond acceptors (Lipinski definition) is 4. The predicted octanol–water partition coefficient (Wildman–Crippen LogP) is 2.78. The Balaban J connectivity index is 1.47. The molecule has 6 nitrogen and oxygen atoms in total. The molecule has 0 radical (unpaired) electrons. The van der Waals surface area contributed by atoms with Gasteiger partial charge in [-0.15, -0.1) is 0 Å². The van der Waals surface area contributed by atoms with Crippen LogP contribution in [0.1, 0.15) is 16.8 Å². The molecule has 0 saturated carbocycles. The zero-order valence-electron chi connectivity index (χ0n) is 14.9. The number of pyridine rings is 1. The molecule has 3 aromatic rings. The molecule has 27 heavy (non-hydrogen) atoms. The number of methoxy groups -OCH3 is 1. The number of aromatic nitrogens is 1. The Morgan fingerprint density at radius 2 is 2.07 bits per heavy atom. The van der Waals surface area contributed by atoms with Crippen molar-refractivity contribution in [1.82, 2.24) is 10.3 Å². The molecule has 1 aliphatic heterocycles. The van der Waals surface area contributed by atoms with E-state index in [9.17, 15) is 9.59 Å². The number of carbonyl (C=O) groups is 2. The number of rotatable bonds is 4. The van der Waals surface area contributed by atoms with Crippen LogP contribution in [0.2, 0.25) is 0 Å². The second kappa shape index (κ2) is 7.07. The van der Waals surface area contributed by atoms with Crippen molar-refractivity contribution >= 4 is 28.4 Å². The normalized spacial score (nSPS) is 16.6. The maximum atomic E-state index is 12.6. The highest BCUT2D eigenvalue weighted by Crippen LogP contribution is 2.25. The Labute approximate surface area is 156 Å². The van der Waals surface area contributed by atoms with E-state index in [1.807, 2.05) is 48.5 Å². The third-order valence-corrected chi connectivity index (χ3v) is 4.69. The van der Waals surface area contributed by atoms with E-state index in [2.05, 4.69) is 10.3 Å². The Morgan fingerprint density at radius 1 is 1.19 bits per heavy atom. The zero-order valence-corrected chi connectivity index (χ0v) is 14.9. The second-order valence-electron chi connectivity index (χ2n) is 6.49. The molecule has 2 heterocycles. The summed E-state index contributed by atoms with van der Waals surface area (Å²) in [6, 6.07) is 16.3. The molecule has 1 unspecified atom stereocenters. The van der Waals surface area contributed by atoms with Crippen LogP contribution in [0, 0.1) is 0 Å². The first-order valence-corrected chi connectivity index (χ1v) is 8.74. The summed E-state index contributed by atoms with van der Waals surface area (Å²) >= 11 is 0. The van der Waals surface area contributed by atoms with E-state index in [4.69, 9.17) is 4.74 Å². The van der Waals surface area contributed by atoms with Gasteiger partial charge >= 0.3 is 0 Å². The average molecular weight is 361 g/mol. The van der Waals surface area contributed by atoms with E-state index < -0.39 is 0 Å². The monoisotopic (exact) mass is 361 g/mol. The van der Waals surface area contributed by atoms with Crippen molar-refractivity contribution in [2.75, 3.05) is 18.6 Å². The van der Waals surface area contributed by atoms with Crippen LogP contribution in [0.4, 0.5) is 5.69 Å². The molecule has 1 fully saturated rings. The molecule has 1 aliphatic rings. The lowest BCUT2D eigenvalue weighted by atomic mass is 10.1. The lowest BCUT2D eigenvalue weighted by Gasteiger charge is -2.18. The Bertz CT molecular complexity index is 1020. The van der Waals surface area contributed by atoms with Crippen molar-refractivity contribution in [3.8, 4) is 5.75 Å². The lowest BCUT2D eigenvalue weighted by Crippen LogP contribution is -2.37. The molecule has 136 valence electrons. The van der Waals surface area contributed by atoms with Crippen LogP contribution in [0.3, 0.4) is 0 Å². The number of carbonyl (C=O) groups excluding carboxylic acids is 2. The number of nitrogens with one attached hydrogen (secondary N) is 1. The van der Waals surface area contributed by atoms with Crippen molar-refractivity contribution in [1.29, 1.82) is 0 Å². The minimum atomic E-state index is -0.235. The number of benzene rings is 2. The van der Waals surface area contributed by atoms with Gasteiger partial charge in [-0.05, 0) is 36.4 Å². The molecular weight excluding hydrogens is 342 g/mol. The summed E-state index contributed by atoms with van der Waals surface area (Å²) in [6.07, 6.45) is 2.00. The Hall–Kier alpha value is -3.41. The fourth-order valence-corrected chi connectivity index (χ4v) is 3.32. The van der Waals surface area contributed by atoms with E-state index in [0.717, 1.165) is 16.6 Å². The number of ether oxygens (including phenoxy) is 1. The molecule has 1 aromatic heterocycles. The molecule has 0 bridgehead atoms. The van der Waals surface area contributed by atoms with E-state index in [-0.39, 0.29) is 24.3 Å². The topological polar surface area (TPSA) is 71.5 Å². The summed E-state index contributed by atoms with van der Waals surface area (Å²) in [5, 5.41) is 3.87. The van der Waals surface area contributed by atoms with Gasteiger partial charge in [-0.2, -0.15) is 0 Å². The van der Waals surface area contributed by atoms with Gasteiger partial charge in [0.05, 0.1) is 18.7 Å². The van der Waals surface area contributed by atoms with Gasteiger partial charge in [0.1, 0.15) is 5.75 Å². The minimum absolute atomic E-state index is 0.0173. The maximum Gasteiger partial charge on any atom is 0.251 e. The number of anilines is 1. The Morgan fingerprint density at radius 3 is 2.93 bits per heavy atom. The van der Waals surface area contributed by atoms with Crippen molar-refractivity contribution < 1.29 is 14.3 Å². The van der Waals surface area contributed by atoms with Crippen LogP contribution >= 0.6 is 0 Å². The maximum absolute atomic E-state index is 12.6. The second-order valence-corrected chi connectivity index (χ2v) is 6.49. The van der Waals surface area contributed by atoms with Gasteiger partial charge in [-0.3, -0.25) is 14.6 Å².